The Bertz CT molecular complexity index is 319. The minimum atomic E-state index is -0.753. The van der Waals surface area contributed by atoms with Crippen LogP contribution in [-0.4, -0.2) is 17.8 Å². The minimum Gasteiger partial charge on any atom is -0.277 e. The van der Waals surface area contributed by atoms with Gasteiger partial charge in [-0.05, 0) is 25.2 Å². The van der Waals surface area contributed by atoms with Crippen molar-refractivity contribution in [1.82, 2.24) is 10.6 Å². The molecule has 1 aliphatic rings. The van der Waals surface area contributed by atoms with Crippen molar-refractivity contribution in [3.8, 4) is 0 Å². The number of carbonyl (C=O) groups excluding carboxylic acids is 3. The molecule has 17 heavy (non-hydrogen) atoms. The first-order chi connectivity index (χ1) is 8.06. The molecule has 1 atom stereocenters. The monoisotopic (exact) mass is 238 g/mol. The number of allylic oxidation sites excluding steroid dienone is 1. The Morgan fingerprint density at radius 2 is 1.82 bits per heavy atom. The quantitative estimate of drug-likeness (QED) is 0.416. The predicted molar refractivity (Wildman–Crippen MR) is 63.0 cm³/mol. The first-order valence-corrected chi connectivity index (χ1v) is 5.83. The molecule has 1 unspecified atom stereocenters. The van der Waals surface area contributed by atoms with Gasteiger partial charge in [-0.3, -0.25) is 20.2 Å². The number of barbiturate groups is 1. The Balaban J connectivity index is 2.47. The van der Waals surface area contributed by atoms with Gasteiger partial charge in [-0.1, -0.05) is 19.4 Å². The SMILES string of the molecule is C=CCCCCC(C)C1C(=O)NC(=O)NC1=O. The lowest BCUT2D eigenvalue weighted by Gasteiger charge is -2.25. The van der Waals surface area contributed by atoms with Crippen molar-refractivity contribution < 1.29 is 14.4 Å². The van der Waals surface area contributed by atoms with Crippen molar-refractivity contribution in [2.45, 2.75) is 32.6 Å². The lowest BCUT2D eigenvalue weighted by molar-refractivity contribution is -0.138. The van der Waals surface area contributed by atoms with E-state index in [1.807, 2.05) is 13.0 Å². The molecule has 1 rings (SSSR count). The lowest BCUT2D eigenvalue weighted by Crippen LogP contribution is -2.57. The predicted octanol–water partition coefficient (Wildman–Crippen LogP) is 1.35. The highest BCUT2D eigenvalue weighted by atomic mass is 16.2. The molecule has 5 heteroatoms. The molecule has 0 aromatic heterocycles. The molecule has 94 valence electrons. The zero-order valence-corrected chi connectivity index (χ0v) is 9.99. The van der Waals surface area contributed by atoms with Crippen molar-refractivity contribution in [1.29, 1.82) is 0 Å². The Morgan fingerprint density at radius 3 is 2.35 bits per heavy atom. The summed E-state index contributed by atoms with van der Waals surface area (Å²) in [7, 11) is 0. The summed E-state index contributed by atoms with van der Waals surface area (Å²) in [6.45, 7) is 5.49. The van der Waals surface area contributed by atoms with Gasteiger partial charge in [-0.15, -0.1) is 6.58 Å². The van der Waals surface area contributed by atoms with Crippen molar-refractivity contribution in [2.24, 2.45) is 11.8 Å². The summed E-state index contributed by atoms with van der Waals surface area (Å²) < 4.78 is 0. The second-order valence-electron chi connectivity index (χ2n) is 4.34. The number of carbonyl (C=O) groups is 3. The molecule has 0 aromatic rings. The Labute approximate surface area is 101 Å². The van der Waals surface area contributed by atoms with Crippen LogP contribution in [0.1, 0.15) is 32.6 Å². The summed E-state index contributed by atoms with van der Waals surface area (Å²) in [5, 5.41) is 4.23. The molecule has 1 aliphatic heterocycles. The highest BCUT2D eigenvalue weighted by Gasteiger charge is 2.37. The van der Waals surface area contributed by atoms with E-state index in [-0.39, 0.29) is 5.92 Å². The van der Waals surface area contributed by atoms with Crippen LogP contribution in [0.15, 0.2) is 12.7 Å². The van der Waals surface area contributed by atoms with Gasteiger partial charge in [0.15, 0.2) is 0 Å². The second kappa shape index (κ2) is 6.18. The number of amides is 4. The normalized spacial score (nSPS) is 18.5. The van der Waals surface area contributed by atoms with Gasteiger partial charge < -0.3 is 0 Å². The maximum absolute atomic E-state index is 11.5. The molecule has 0 aliphatic carbocycles. The number of hydrogen-bond acceptors (Lipinski definition) is 3. The maximum Gasteiger partial charge on any atom is 0.328 e. The van der Waals surface area contributed by atoms with Gasteiger partial charge in [0.25, 0.3) is 0 Å². The minimum absolute atomic E-state index is 0.0621. The molecule has 1 heterocycles. The lowest BCUT2D eigenvalue weighted by atomic mass is 9.87. The van der Waals surface area contributed by atoms with Gasteiger partial charge >= 0.3 is 6.03 Å². The fourth-order valence-corrected chi connectivity index (χ4v) is 1.97. The van der Waals surface area contributed by atoms with Gasteiger partial charge in [0, 0.05) is 0 Å². The molecule has 0 bridgehead atoms. The van der Waals surface area contributed by atoms with Crippen molar-refractivity contribution in [3.05, 3.63) is 12.7 Å². The molecule has 5 nitrogen and oxygen atoms in total. The highest BCUT2D eigenvalue weighted by molar-refractivity contribution is 6.16. The summed E-state index contributed by atoms with van der Waals surface area (Å²) in [4.78, 5) is 33.9. The molecule has 0 spiro atoms. The number of unbranched alkanes of at least 4 members (excludes halogenated alkanes) is 2. The number of nitrogens with one attached hydrogen (secondary N) is 2. The smallest absolute Gasteiger partial charge is 0.277 e. The van der Waals surface area contributed by atoms with E-state index >= 15 is 0 Å². The summed E-state index contributed by atoms with van der Waals surface area (Å²) >= 11 is 0. The fourth-order valence-electron chi connectivity index (χ4n) is 1.97. The van der Waals surface area contributed by atoms with Gasteiger partial charge in [0.1, 0.15) is 5.92 Å². The van der Waals surface area contributed by atoms with E-state index in [0.29, 0.717) is 0 Å². The summed E-state index contributed by atoms with van der Waals surface area (Å²) in [6.07, 6.45) is 5.52. The van der Waals surface area contributed by atoms with Crippen LogP contribution in [0.2, 0.25) is 0 Å². The van der Waals surface area contributed by atoms with E-state index in [2.05, 4.69) is 17.2 Å². The Kier molecular flexibility index (Phi) is 4.87. The van der Waals surface area contributed by atoms with Crippen molar-refractivity contribution in [3.63, 3.8) is 0 Å². The van der Waals surface area contributed by atoms with Crippen LogP contribution < -0.4 is 10.6 Å². The van der Waals surface area contributed by atoms with E-state index in [9.17, 15) is 14.4 Å². The number of rotatable bonds is 6. The van der Waals surface area contributed by atoms with Gasteiger partial charge in [0.05, 0.1) is 0 Å². The number of urea groups is 1. The van der Waals surface area contributed by atoms with Crippen LogP contribution in [0.5, 0.6) is 0 Å². The summed E-state index contributed by atoms with van der Waals surface area (Å²) in [6, 6.07) is -0.727. The molecular formula is C12H18N2O3. The molecular weight excluding hydrogens is 220 g/mol. The molecule has 4 amide bonds. The first kappa shape index (κ1) is 13.4. The van der Waals surface area contributed by atoms with E-state index in [0.717, 1.165) is 25.7 Å². The molecule has 0 radical (unpaired) electrons. The fraction of sp³-hybridized carbons (Fsp3) is 0.583. The Hall–Kier alpha value is -1.65. The van der Waals surface area contributed by atoms with Crippen LogP contribution in [0.4, 0.5) is 4.79 Å². The summed E-state index contributed by atoms with van der Waals surface area (Å²) in [5.41, 5.74) is 0. The van der Waals surface area contributed by atoms with Crippen molar-refractivity contribution in [2.75, 3.05) is 0 Å². The number of imide groups is 2. The highest BCUT2D eigenvalue weighted by Crippen LogP contribution is 2.21. The Morgan fingerprint density at radius 1 is 1.24 bits per heavy atom. The van der Waals surface area contributed by atoms with E-state index in [1.165, 1.54) is 0 Å². The average Bonchev–Trinajstić information content (AvgIpc) is 2.23. The third-order valence-corrected chi connectivity index (χ3v) is 2.93. The van der Waals surface area contributed by atoms with Gasteiger partial charge in [0.2, 0.25) is 11.8 Å². The van der Waals surface area contributed by atoms with E-state index in [4.69, 9.17) is 0 Å². The zero-order chi connectivity index (χ0) is 12.8. The third kappa shape index (κ3) is 3.69. The van der Waals surface area contributed by atoms with Crippen LogP contribution >= 0.6 is 0 Å². The average molecular weight is 238 g/mol. The standard InChI is InChI=1S/C12H18N2O3/c1-3-4-5-6-7-8(2)9-10(15)13-12(17)14-11(9)16/h3,8-9H,1,4-7H2,2H3,(H2,13,14,15,16,17). The van der Waals surface area contributed by atoms with E-state index < -0.39 is 23.8 Å². The van der Waals surface area contributed by atoms with Crippen molar-refractivity contribution >= 4 is 17.8 Å². The van der Waals surface area contributed by atoms with Crippen LogP contribution in [0.25, 0.3) is 0 Å². The molecule has 0 saturated carbocycles. The maximum atomic E-state index is 11.5. The topological polar surface area (TPSA) is 75.3 Å². The van der Waals surface area contributed by atoms with E-state index in [1.54, 1.807) is 0 Å². The van der Waals surface area contributed by atoms with Gasteiger partial charge in [-0.2, -0.15) is 0 Å². The number of hydrogen-bond donors (Lipinski definition) is 2. The first-order valence-electron chi connectivity index (χ1n) is 5.83. The van der Waals surface area contributed by atoms with Crippen LogP contribution in [0.3, 0.4) is 0 Å². The van der Waals surface area contributed by atoms with Crippen LogP contribution in [-0.2, 0) is 9.59 Å². The molecule has 1 fully saturated rings. The van der Waals surface area contributed by atoms with Crippen LogP contribution in [0, 0.1) is 11.8 Å². The molecule has 2 N–H and O–H groups in total. The second-order valence-corrected chi connectivity index (χ2v) is 4.34. The largest absolute Gasteiger partial charge is 0.328 e. The molecule has 1 saturated heterocycles. The van der Waals surface area contributed by atoms with Gasteiger partial charge in [-0.25, -0.2) is 4.79 Å². The zero-order valence-electron chi connectivity index (χ0n) is 9.99. The molecule has 0 aromatic carbocycles. The third-order valence-electron chi connectivity index (χ3n) is 2.93. The summed E-state index contributed by atoms with van der Waals surface area (Å²) in [5.74, 6) is -1.80.